The van der Waals surface area contributed by atoms with Gasteiger partial charge in [-0.25, -0.2) is 0 Å². The standard InChI is InChI=1S/C24H21ClN4OS2/c1-31-19-13-11-17(12-14-19)15-22-27-28-24(29(22)18-7-3-2-4-8-18)32-16-23(30)26-21-10-6-5-9-20(21)25/h2-14H,15-16H2,1H3,(H,26,30). The Morgan fingerprint density at radius 3 is 2.41 bits per heavy atom. The second-order valence-corrected chi connectivity index (χ2v) is 9.14. The van der Waals surface area contributed by atoms with E-state index in [-0.39, 0.29) is 11.7 Å². The van der Waals surface area contributed by atoms with Gasteiger partial charge in [0, 0.05) is 17.0 Å². The van der Waals surface area contributed by atoms with E-state index in [0.717, 1.165) is 17.1 Å². The zero-order chi connectivity index (χ0) is 22.3. The van der Waals surface area contributed by atoms with Gasteiger partial charge < -0.3 is 5.32 Å². The summed E-state index contributed by atoms with van der Waals surface area (Å²) >= 11 is 9.20. The minimum atomic E-state index is -0.153. The zero-order valence-electron chi connectivity index (χ0n) is 17.4. The molecule has 5 nitrogen and oxygen atoms in total. The third-order valence-electron chi connectivity index (χ3n) is 4.72. The second-order valence-electron chi connectivity index (χ2n) is 6.91. The summed E-state index contributed by atoms with van der Waals surface area (Å²) in [5, 5.41) is 12.8. The monoisotopic (exact) mass is 480 g/mol. The first-order valence-electron chi connectivity index (χ1n) is 9.94. The molecule has 4 aromatic rings. The van der Waals surface area contributed by atoms with Gasteiger partial charge in [-0.2, -0.15) is 0 Å². The summed E-state index contributed by atoms with van der Waals surface area (Å²) in [7, 11) is 0. The summed E-state index contributed by atoms with van der Waals surface area (Å²) in [4.78, 5) is 13.7. The van der Waals surface area contributed by atoms with Crippen LogP contribution in [-0.4, -0.2) is 32.7 Å². The topological polar surface area (TPSA) is 59.8 Å². The molecule has 0 fully saturated rings. The van der Waals surface area contributed by atoms with Gasteiger partial charge in [0.05, 0.1) is 16.5 Å². The van der Waals surface area contributed by atoms with Crippen LogP contribution < -0.4 is 5.32 Å². The van der Waals surface area contributed by atoms with Crippen LogP contribution in [0.1, 0.15) is 11.4 Å². The van der Waals surface area contributed by atoms with Crippen molar-refractivity contribution in [2.45, 2.75) is 16.5 Å². The highest BCUT2D eigenvalue weighted by Gasteiger charge is 2.16. The van der Waals surface area contributed by atoms with Crippen LogP contribution >= 0.6 is 35.1 Å². The van der Waals surface area contributed by atoms with Crippen molar-refractivity contribution in [3.8, 4) is 5.69 Å². The summed E-state index contributed by atoms with van der Waals surface area (Å²) in [6.45, 7) is 0. The van der Waals surface area contributed by atoms with E-state index in [1.54, 1.807) is 23.9 Å². The van der Waals surface area contributed by atoms with Crippen molar-refractivity contribution in [3.05, 3.63) is 95.3 Å². The highest BCUT2D eigenvalue weighted by atomic mass is 35.5. The molecule has 1 N–H and O–H groups in total. The Morgan fingerprint density at radius 1 is 0.969 bits per heavy atom. The minimum Gasteiger partial charge on any atom is -0.324 e. The average molecular weight is 481 g/mol. The van der Waals surface area contributed by atoms with Crippen LogP contribution in [0.25, 0.3) is 5.69 Å². The average Bonchev–Trinajstić information content (AvgIpc) is 3.22. The molecule has 0 bridgehead atoms. The molecule has 32 heavy (non-hydrogen) atoms. The van der Waals surface area contributed by atoms with Gasteiger partial charge in [-0.05, 0) is 48.2 Å². The Balaban J connectivity index is 1.54. The van der Waals surface area contributed by atoms with E-state index < -0.39 is 0 Å². The number of carbonyl (C=O) groups excluding carboxylic acids is 1. The normalized spacial score (nSPS) is 10.8. The van der Waals surface area contributed by atoms with E-state index in [2.05, 4.69) is 46.0 Å². The molecule has 162 valence electrons. The fraction of sp³-hybridized carbons (Fsp3) is 0.125. The summed E-state index contributed by atoms with van der Waals surface area (Å²) < 4.78 is 2.01. The van der Waals surface area contributed by atoms with Crippen molar-refractivity contribution in [3.63, 3.8) is 0 Å². The number of benzene rings is 3. The van der Waals surface area contributed by atoms with Crippen molar-refractivity contribution in [1.29, 1.82) is 0 Å². The van der Waals surface area contributed by atoms with Gasteiger partial charge in [0.2, 0.25) is 5.91 Å². The number of hydrogen-bond donors (Lipinski definition) is 1. The van der Waals surface area contributed by atoms with Crippen molar-refractivity contribution < 1.29 is 4.79 Å². The number of para-hydroxylation sites is 2. The van der Waals surface area contributed by atoms with Gasteiger partial charge in [-0.3, -0.25) is 9.36 Å². The van der Waals surface area contributed by atoms with E-state index in [1.807, 2.05) is 47.0 Å². The molecule has 0 saturated heterocycles. The lowest BCUT2D eigenvalue weighted by atomic mass is 10.1. The van der Waals surface area contributed by atoms with Gasteiger partial charge in [0.25, 0.3) is 0 Å². The van der Waals surface area contributed by atoms with Crippen molar-refractivity contribution in [2.24, 2.45) is 0 Å². The maximum Gasteiger partial charge on any atom is 0.234 e. The molecule has 0 aliphatic heterocycles. The number of thioether (sulfide) groups is 2. The number of hydrogen-bond acceptors (Lipinski definition) is 5. The molecule has 1 aromatic heterocycles. The van der Waals surface area contributed by atoms with Crippen LogP contribution in [0.5, 0.6) is 0 Å². The van der Waals surface area contributed by atoms with Crippen LogP contribution in [0.15, 0.2) is 88.9 Å². The Kier molecular flexibility index (Phi) is 7.52. The first-order valence-corrected chi connectivity index (χ1v) is 12.5. The largest absolute Gasteiger partial charge is 0.324 e. The van der Waals surface area contributed by atoms with Gasteiger partial charge in [-0.15, -0.1) is 22.0 Å². The van der Waals surface area contributed by atoms with Crippen LogP contribution in [0.4, 0.5) is 5.69 Å². The molecule has 0 unspecified atom stereocenters. The molecule has 3 aromatic carbocycles. The number of halogens is 1. The first kappa shape index (κ1) is 22.5. The molecule has 1 amide bonds. The highest BCUT2D eigenvalue weighted by Crippen LogP contribution is 2.25. The van der Waals surface area contributed by atoms with Crippen molar-refractivity contribution in [2.75, 3.05) is 17.3 Å². The predicted octanol–water partition coefficient (Wildman–Crippen LogP) is 5.96. The number of nitrogens with one attached hydrogen (secondary N) is 1. The minimum absolute atomic E-state index is 0.153. The third kappa shape index (κ3) is 5.54. The summed E-state index contributed by atoms with van der Waals surface area (Å²) in [5.74, 6) is 0.862. The number of amides is 1. The maximum absolute atomic E-state index is 12.5. The quantitative estimate of drug-likeness (QED) is 0.315. The van der Waals surface area contributed by atoms with Gasteiger partial charge in [0.15, 0.2) is 5.16 Å². The smallest absolute Gasteiger partial charge is 0.234 e. The van der Waals surface area contributed by atoms with Gasteiger partial charge in [0.1, 0.15) is 5.82 Å². The van der Waals surface area contributed by atoms with E-state index >= 15 is 0 Å². The van der Waals surface area contributed by atoms with Crippen molar-refractivity contribution >= 4 is 46.7 Å². The molecule has 0 aliphatic carbocycles. The van der Waals surface area contributed by atoms with E-state index in [4.69, 9.17) is 11.6 Å². The number of carbonyl (C=O) groups is 1. The van der Waals surface area contributed by atoms with Gasteiger partial charge >= 0.3 is 0 Å². The van der Waals surface area contributed by atoms with E-state index in [0.29, 0.717) is 22.3 Å². The Bertz CT molecular complexity index is 1200. The molecule has 8 heteroatoms. The zero-order valence-corrected chi connectivity index (χ0v) is 19.8. The fourth-order valence-corrected chi connectivity index (χ4v) is 4.51. The van der Waals surface area contributed by atoms with Gasteiger partial charge in [-0.1, -0.05) is 65.8 Å². The van der Waals surface area contributed by atoms with Crippen LogP contribution in [0.3, 0.4) is 0 Å². The third-order valence-corrected chi connectivity index (χ3v) is 6.72. The number of aromatic nitrogens is 3. The molecule has 0 aliphatic rings. The molecular formula is C24H21ClN4OS2. The highest BCUT2D eigenvalue weighted by molar-refractivity contribution is 7.99. The molecule has 0 spiro atoms. The maximum atomic E-state index is 12.5. The van der Waals surface area contributed by atoms with Crippen LogP contribution in [0, 0.1) is 0 Å². The number of rotatable bonds is 8. The first-order chi connectivity index (χ1) is 15.6. The summed E-state index contributed by atoms with van der Waals surface area (Å²) in [6, 6.07) is 25.6. The van der Waals surface area contributed by atoms with Crippen molar-refractivity contribution in [1.82, 2.24) is 14.8 Å². The molecule has 4 rings (SSSR count). The van der Waals surface area contributed by atoms with Crippen LogP contribution in [0.2, 0.25) is 5.02 Å². The fourth-order valence-electron chi connectivity index (χ4n) is 3.15. The molecule has 0 radical (unpaired) electrons. The lowest BCUT2D eigenvalue weighted by Gasteiger charge is -2.11. The lowest BCUT2D eigenvalue weighted by molar-refractivity contribution is -0.113. The Morgan fingerprint density at radius 2 is 1.69 bits per heavy atom. The number of nitrogens with zero attached hydrogens (tertiary/aromatic N) is 3. The molecular weight excluding hydrogens is 460 g/mol. The second kappa shape index (κ2) is 10.7. The summed E-state index contributed by atoms with van der Waals surface area (Å²) in [5.41, 5.74) is 2.71. The molecule has 0 saturated carbocycles. The Hall–Kier alpha value is -2.74. The predicted molar refractivity (Wildman–Crippen MR) is 133 cm³/mol. The molecule has 1 heterocycles. The Labute approximate surface area is 200 Å². The van der Waals surface area contributed by atoms with E-state index in [1.165, 1.54) is 16.7 Å². The lowest BCUT2D eigenvalue weighted by Crippen LogP contribution is -2.15. The van der Waals surface area contributed by atoms with E-state index in [9.17, 15) is 4.79 Å². The number of anilines is 1. The van der Waals surface area contributed by atoms with Crippen LogP contribution in [-0.2, 0) is 11.2 Å². The molecule has 0 atom stereocenters. The summed E-state index contributed by atoms with van der Waals surface area (Å²) in [6.07, 6.45) is 2.70. The SMILES string of the molecule is CSc1ccc(Cc2nnc(SCC(=O)Nc3ccccc3Cl)n2-c2ccccc2)cc1.